The Bertz CT molecular complexity index is 394. The van der Waals surface area contributed by atoms with Crippen LogP contribution in [0.5, 0.6) is 5.75 Å². The Kier molecular flexibility index (Phi) is 5.26. The summed E-state index contributed by atoms with van der Waals surface area (Å²) >= 11 is 0. The lowest BCUT2D eigenvalue weighted by atomic mass is 9.86. The Hall–Kier alpha value is -1.02. The van der Waals surface area contributed by atoms with Crippen LogP contribution in [0.4, 0.5) is 0 Å². The lowest BCUT2D eigenvalue weighted by Gasteiger charge is -2.28. The van der Waals surface area contributed by atoms with Crippen LogP contribution in [0.25, 0.3) is 0 Å². The number of ether oxygens (including phenoxy) is 1. The number of rotatable bonds is 4. The van der Waals surface area contributed by atoms with Crippen LogP contribution < -0.4 is 10.1 Å². The average Bonchev–Trinajstić information content (AvgIpc) is 2.69. The number of hydrogen-bond acceptors (Lipinski definition) is 2. The van der Waals surface area contributed by atoms with Crippen LogP contribution >= 0.6 is 0 Å². The van der Waals surface area contributed by atoms with E-state index in [2.05, 4.69) is 37.5 Å². The van der Waals surface area contributed by atoms with Gasteiger partial charge in [-0.1, -0.05) is 43.4 Å². The second-order valence-electron chi connectivity index (χ2n) is 5.76. The van der Waals surface area contributed by atoms with Crippen LogP contribution in [0.15, 0.2) is 18.2 Å². The summed E-state index contributed by atoms with van der Waals surface area (Å²) in [7, 11) is 3.85. The van der Waals surface area contributed by atoms with Gasteiger partial charge in [0, 0.05) is 11.6 Å². The van der Waals surface area contributed by atoms with Crippen molar-refractivity contribution in [2.75, 3.05) is 14.2 Å². The lowest BCUT2D eigenvalue weighted by Crippen LogP contribution is -2.25. The topological polar surface area (TPSA) is 21.3 Å². The minimum atomic E-state index is 0.424. The highest BCUT2D eigenvalue weighted by atomic mass is 16.5. The molecule has 0 bridgehead atoms. The molecule has 0 aromatic heterocycles. The van der Waals surface area contributed by atoms with Crippen molar-refractivity contribution in [2.24, 2.45) is 5.92 Å². The molecule has 19 heavy (non-hydrogen) atoms. The fraction of sp³-hybridized carbons (Fsp3) is 0.647. The molecule has 2 nitrogen and oxygen atoms in total. The number of benzene rings is 1. The summed E-state index contributed by atoms with van der Waals surface area (Å²) in [6, 6.07) is 6.94. The van der Waals surface area contributed by atoms with Crippen LogP contribution in [0.3, 0.4) is 0 Å². The van der Waals surface area contributed by atoms with Gasteiger partial charge in [0.1, 0.15) is 5.75 Å². The van der Waals surface area contributed by atoms with E-state index in [1.54, 1.807) is 7.11 Å². The average molecular weight is 261 g/mol. The third-order valence-electron chi connectivity index (χ3n) is 4.40. The fourth-order valence-electron chi connectivity index (χ4n) is 3.39. The largest absolute Gasteiger partial charge is 0.496 e. The van der Waals surface area contributed by atoms with Crippen LogP contribution in [-0.2, 0) is 0 Å². The van der Waals surface area contributed by atoms with E-state index in [4.69, 9.17) is 4.74 Å². The molecule has 0 amide bonds. The van der Waals surface area contributed by atoms with E-state index in [1.807, 2.05) is 0 Å². The maximum absolute atomic E-state index is 5.57. The molecular weight excluding hydrogens is 234 g/mol. The molecule has 1 fully saturated rings. The molecule has 1 saturated carbocycles. The summed E-state index contributed by atoms with van der Waals surface area (Å²) in [5.41, 5.74) is 2.64. The fourth-order valence-corrected chi connectivity index (χ4v) is 3.39. The zero-order valence-electron chi connectivity index (χ0n) is 12.5. The molecule has 2 heteroatoms. The maximum atomic E-state index is 5.57. The van der Waals surface area contributed by atoms with Crippen LogP contribution in [0.2, 0.25) is 0 Å². The molecule has 0 heterocycles. The molecule has 1 aliphatic carbocycles. The zero-order valence-corrected chi connectivity index (χ0v) is 12.5. The van der Waals surface area contributed by atoms with Crippen molar-refractivity contribution in [1.82, 2.24) is 5.32 Å². The Morgan fingerprint density at radius 1 is 1.16 bits per heavy atom. The van der Waals surface area contributed by atoms with E-state index in [9.17, 15) is 0 Å². The second kappa shape index (κ2) is 6.95. The molecule has 0 spiro atoms. The summed E-state index contributed by atoms with van der Waals surface area (Å²) in [5, 5.41) is 3.54. The molecule has 106 valence electrons. The molecule has 1 N–H and O–H groups in total. The van der Waals surface area contributed by atoms with Gasteiger partial charge >= 0.3 is 0 Å². The zero-order chi connectivity index (χ0) is 13.7. The van der Waals surface area contributed by atoms with Crippen molar-refractivity contribution in [3.05, 3.63) is 29.3 Å². The van der Waals surface area contributed by atoms with Crippen LogP contribution in [-0.4, -0.2) is 14.2 Å². The van der Waals surface area contributed by atoms with Gasteiger partial charge in [-0.2, -0.15) is 0 Å². The summed E-state index contributed by atoms with van der Waals surface area (Å²) in [6.45, 7) is 2.16. The first-order chi connectivity index (χ1) is 9.26. The van der Waals surface area contributed by atoms with Crippen molar-refractivity contribution in [3.63, 3.8) is 0 Å². The van der Waals surface area contributed by atoms with Gasteiger partial charge in [0.25, 0.3) is 0 Å². The van der Waals surface area contributed by atoms with Crippen molar-refractivity contribution in [2.45, 2.75) is 51.5 Å². The monoisotopic (exact) mass is 261 g/mol. The maximum Gasteiger partial charge on any atom is 0.123 e. The minimum absolute atomic E-state index is 0.424. The molecular formula is C17H27NO. The van der Waals surface area contributed by atoms with Crippen molar-refractivity contribution in [1.29, 1.82) is 0 Å². The second-order valence-corrected chi connectivity index (χ2v) is 5.76. The number of hydrogen-bond donors (Lipinski definition) is 1. The highest BCUT2D eigenvalue weighted by Crippen LogP contribution is 2.37. The molecule has 0 saturated heterocycles. The Labute approximate surface area is 117 Å². The van der Waals surface area contributed by atoms with Gasteiger partial charge in [0.05, 0.1) is 7.11 Å². The number of nitrogens with one attached hydrogen (secondary N) is 1. The molecule has 1 aromatic carbocycles. The van der Waals surface area contributed by atoms with E-state index in [-0.39, 0.29) is 0 Å². The smallest absolute Gasteiger partial charge is 0.123 e. The van der Waals surface area contributed by atoms with Gasteiger partial charge in [0.2, 0.25) is 0 Å². The molecule has 0 radical (unpaired) electrons. The predicted octanol–water partition coefficient (Wildman–Crippen LogP) is 4.23. The van der Waals surface area contributed by atoms with Crippen LogP contribution in [0.1, 0.15) is 55.7 Å². The van der Waals surface area contributed by atoms with Gasteiger partial charge in [-0.25, -0.2) is 0 Å². The lowest BCUT2D eigenvalue weighted by molar-refractivity contribution is 0.326. The highest BCUT2D eigenvalue weighted by Gasteiger charge is 2.25. The van der Waals surface area contributed by atoms with Gasteiger partial charge in [-0.05, 0) is 38.8 Å². The van der Waals surface area contributed by atoms with Crippen LogP contribution in [0, 0.1) is 12.8 Å². The van der Waals surface area contributed by atoms with E-state index < -0.39 is 0 Å². The molecule has 2 rings (SSSR count). The van der Waals surface area contributed by atoms with Gasteiger partial charge in [-0.3, -0.25) is 0 Å². The normalized spacial score (nSPS) is 18.9. The summed E-state index contributed by atoms with van der Waals surface area (Å²) in [5.74, 6) is 1.76. The van der Waals surface area contributed by atoms with Gasteiger partial charge < -0.3 is 10.1 Å². The molecule has 1 atom stereocenters. The minimum Gasteiger partial charge on any atom is -0.496 e. The Balaban J connectivity index is 2.26. The van der Waals surface area contributed by atoms with Crippen molar-refractivity contribution < 1.29 is 4.74 Å². The standard InChI is InChI=1S/C17H27NO/c1-13-10-11-16(19-3)15(12-13)17(18-2)14-8-6-4-5-7-9-14/h10-12,14,17-18H,4-9H2,1-3H3. The summed E-state index contributed by atoms with van der Waals surface area (Å²) in [4.78, 5) is 0. The highest BCUT2D eigenvalue weighted by molar-refractivity contribution is 5.39. The first kappa shape index (κ1) is 14.4. The van der Waals surface area contributed by atoms with Crippen molar-refractivity contribution in [3.8, 4) is 5.75 Å². The van der Waals surface area contributed by atoms with E-state index in [1.165, 1.54) is 49.7 Å². The third kappa shape index (κ3) is 3.50. The Morgan fingerprint density at radius 3 is 2.42 bits per heavy atom. The SMILES string of the molecule is CNC(c1cc(C)ccc1OC)C1CCCCCC1. The first-order valence-electron chi connectivity index (χ1n) is 7.58. The molecule has 1 unspecified atom stereocenters. The number of methoxy groups -OCH3 is 1. The third-order valence-corrected chi connectivity index (χ3v) is 4.40. The Morgan fingerprint density at radius 2 is 1.84 bits per heavy atom. The molecule has 0 aliphatic heterocycles. The molecule has 1 aromatic rings. The summed E-state index contributed by atoms with van der Waals surface area (Å²) in [6.07, 6.45) is 8.22. The van der Waals surface area contributed by atoms with E-state index in [0.717, 1.165) is 11.7 Å². The predicted molar refractivity (Wildman–Crippen MR) is 80.7 cm³/mol. The van der Waals surface area contributed by atoms with Crippen molar-refractivity contribution >= 4 is 0 Å². The number of aryl methyl sites for hydroxylation is 1. The quantitative estimate of drug-likeness (QED) is 0.819. The summed E-state index contributed by atoms with van der Waals surface area (Å²) < 4.78 is 5.57. The van der Waals surface area contributed by atoms with E-state index >= 15 is 0 Å². The van der Waals surface area contributed by atoms with E-state index in [0.29, 0.717) is 6.04 Å². The molecule has 1 aliphatic rings. The first-order valence-corrected chi connectivity index (χ1v) is 7.58. The van der Waals surface area contributed by atoms with Gasteiger partial charge in [0.15, 0.2) is 0 Å². The van der Waals surface area contributed by atoms with Gasteiger partial charge in [-0.15, -0.1) is 0 Å².